The van der Waals surface area contributed by atoms with Gasteiger partial charge in [-0.1, -0.05) is 0 Å². The summed E-state index contributed by atoms with van der Waals surface area (Å²) in [5.74, 6) is 0. The summed E-state index contributed by atoms with van der Waals surface area (Å²) in [4.78, 5) is 11.4. The molecule has 1 heterocycles. The first-order valence-corrected chi connectivity index (χ1v) is 5.14. The Hall–Kier alpha value is -1.17. The van der Waals surface area contributed by atoms with Gasteiger partial charge in [-0.25, -0.2) is 4.79 Å². The van der Waals surface area contributed by atoms with Crippen LogP contribution in [0.5, 0.6) is 0 Å². The number of hydrogen-bond donors (Lipinski definition) is 1. The number of carbonyl (C=O) groups is 1. The molecule has 0 saturated carbocycles. The molecule has 0 unspecified atom stereocenters. The zero-order valence-electron chi connectivity index (χ0n) is 8.74. The van der Waals surface area contributed by atoms with E-state index in [-0.39, 0.29) is 0 Å². The number of ether oxygens (including phenoxy) is 1. The highest BCUT2D eigenvalue weighted by atomic mass is 79.9. The minimum atomic E-state index is -0.517. The lowest BCUT2D eigenvalue weighted by Gasteiger charge is -2.19. The van der Waals surface area contributed by atoms with E-state index in [0.29, 0.717) is 10.2 Å². The third-order valence-electron chi connectivity index (χ3n) is 1.32. The molecule has 1 aromatic heterocycles. The van der Waals surface area contributed by atoms with Gasteiger partial charge in [0.05, 0.1) is 22.6 Å². The van der Waals surface area contributed by atoms with Crippen molar-refractivity contribution in [3.63, 3.8) is 0 Å². The van der Waals surface area contributed by atoms with Crippen LogP contribution in [-0.2, 0) is 4.74 Å². The zero-order valence-corrected chi connectivity index (χ0v) is 10.3. The van der Waals surface area contributed by atoms with Crippen molar-refractivity contribution in [2.75, 3.05) is 5.32 Å². The van der Waals surface area contributed by atoms with E-state index in [1.807, 2.05) is 0 Å². The summed E-state index contributed by atoms with van der Waals surface area (Å²) in [6.45, 7) is 5.39. The molecule has 0 aliphatic heterocycles. The van der Waals surface area contributed by atoms with Crippen molar-refractivity contribution in [2.24, 2.45) is 0 Å². The van der Waals surface area contributed by atoms with Crippen LogP contribution in [0.2, 0.25) is 0 Å². The third kappa shape index (κ3) is 4.24. The molecule has 1 amide bonds. The van der Waals surface area contributed by atoms with E-state index in [1.165, 1.54) is 12.4 Å². The molecule has 1 aromatic rings. The number of nitrogens with one attached hydrogen (secondary N) is 1. The zero-order chi connectivity index (χ0) is 11.5. The highest BCUT2D eigenvalue weighted by molar-refractivity contribution is 9.10. The van der Waals surface area contributed by atoms with Crippen molar-refractivity contribution in [3.05, 3.63) is 16.9 Å². The number of nitrogens with zero attached hydrogens (tertiary/aromatic N) is 2. The van der Waals surface area contributed by atoms with Gasteiger partial charge in [0.1, 0.15) is 5.60 Å². The molecule has 0 radical (unpaired) electrons. The first-order valence-electron chi connectivity index (χ1n) is 4.35. The maximum atomic E-state index is 11.4. The quantitative estimate of drug-likeness (QED) is 0.854. The molecule has 0 fully saturated rings. The van der Waals surface area contributed by atoms with Gasteiger partial charge in [0.25, 0.3) is 0 Å². The molecule has 0 aromatic carbocycles. The predicted octanol–water partition coefficient (Wildman–Crippen LogP) is 2.59. The van der Waals surface area contributed by atoms with Gasteiger partial charge in [0, 0.05) is 0 Å². The van der Waals surface area contributed by atoms with Crippen LogP contribution in [0.4, 0.5) is 10.5 Å². The highest BCUT2D eigenvalue weighted by Gasteiger charge is 2.16. The first-order chi connectivity index (χ1) is 6.88. The van der Waals surface area contributed by atoms with E-state index in [2.05, 4.69) is 31.4 Å². The lowest BCUT2D eigenvalue weighted by atomic mass is 10.2. The Balaban J connectivity index is 2.64. The number of carbonyl (C=O) groups excluding carboxylic acids is 1. The smallest absolute Gasteiger partial charge is 0.412 e. The van der Waals surface area contributed by atoms with Crippen molar-refractivity contribution in [3.8, 4) is 0 Å². The van der Waals surface area contributed by atoms with E-state index >= 15 is 0 Å². The van der Waals surface area contributed by atoms with Crippen LogP contribution < -0.4 is 5.32 Å². The van der Waals surface area contributed by atoms with Crippen LogP contribution in [0.1, 0.15) is 20.8 Å². The molecule has 1 rings (SSSR count). The summed E-state index contributed by atoms with van der Waals surface area (Å²) in [6, 6.07) is 0. The molecule has 6 heteroatoms. The number of rotatable bonds is 1. The number of hydrogen-bond acceptors (Lipinski definition) is 4. The summed E-state index contributed by atoms with van der Waals surface area (Å²) < 4.78 is 5.73. The number of amides is 1. The Bertz CT molecular complexity index is 363. The lowest BCUT2D eigenvalue weighted by Crippen LogP contribution is -2.27. The van der Waals surface area contributed by atoms with Gasteiger partial charge in [-0.15, -0.1) is 0 Å². The maximum absolute atomic E-state index is 11.4. The Morgan fingerprint density at radius 3 is 2.53 bits per heavy atom. The van der Waals surface area contributed by atoms with Gasteiger partial charge in [-0.05, 0) is 36.7 Å². The van der Waals surface area contributed by atoms with Crippen LogP contribution in [-0.4, -0.2) is 21.9 Å². The normalized spacial score (nSPS) is 10.9. The Labute approximate surface area is 96.4 Å². The fourth-order valence-corrected chi connectivity index (χ4v) is 1.10. The standard InChI is InChI=1S/C9H12BrN3O2/c1-9(2,3)15-8(14)13-7-5-12-11-4-6(7)10/h4-5H,1-3H3,(H,11,13,14). The van der Waals surface area contributed by atoms with Crippen LogP contribution in [0.25, 0.3) is 0 Å². The second kappa shape index (κ2) is 4.57. The van der Waals surface area contributed by atoms with Crippen molar-refractivity contribution >= 4 is 27.7 Å². The average molecular weight is 274 g/mol. The van der Waals surface area contributed by atoms with E-state index in [4.69, 9.17) is 4.74 Å². The molecule has 0 spiro atoms. The molecule has 82 valence electrons. The van der Waals surface area contributed by atoms with Crippen LogP contribution in [0, 0.1) is 0 Å². The average Bonchev–Trinajstić information content (AvgIpc) is 2.05. The van der Waals surface area contributed by atoms with Crippen LogP contribution in [0.3, 0.4) is 0 Å². The Morgan fingerprint density at radius 2 is 2.00 bits per heavy atom. The Morgan fingerprint density at radius 1 is 1.40 bits per heavy atom. The largest absolute Gasteiger partial charge is 0.444 e. The van der Waals surface area contributed by atoms with Gasteiger partial charge in [0.15, 0.2) is 0 Å². The van der Waals surface area contributed by atoms with Crippen molar-refractivity contribution in [1.29, 1.82) is 0 Å². The molecule has 0 atom stereocenters. The number of aromatic nitrogens is 2. The van der Waals surface area contributed by atoms with Crippen molar-refractivity contribution < 1.29 is 9.53 Å². The molecular formula is C9H12BrN3O2. The van der Waals surface area contributed by atoms with E-state index in [0.717, 1.165) is 0 Å². The Kier molecular flexibility index (Phi) is 3.62. The highest BCUT2D eigenvalue weighted by Crippen LogP contribution is 2.19. The third-order valence-corrected chi connectivity index (χ3v) is 1.95. The number of halogens is 1. The molecule has 15 heavy (non-hydrogen) atoms. The predicted molar refractivity (Wildman–Crippen MR) is 59.6 cm³/mol. The monoisotopic (exact) mass is 273 g/mol. The SMILES string of the molecule is CC(C)(C)OC(=O)Nc1cnncc1Br. The van der Waals surface area contributed by atoms with Crippen LogP contribution >= 0.6 is 15.9 Å². The van der Waals surface area contributed by atoms with Gasteiger partial charge in [-0.3, -0.25) is 5.32 Å². The second-order valence-corrected chi connectivity index (χ2v) is 4.73. The molecule has 0 aliphatic rings. The fraction of sp³-hybridized carbons (Fsp3) is 0.444. The molecule has 0 bridgehead atoms. The minimum Gasteiger partial charge on any atom is -0.444 e. The van der Waals surface area contributed by atoms with E-state index in [9.17, 15) is 4.79 Å². The van der Waals surface area contributed by atoms with E-state index in [1.54, 1.807) is 20.8 Å². The summed E-state index contributed by atoms with van der Waals surface area (Å²) in [7, 11) is 0. The van der Waals surface area contributed by atoms with Crippen molar-refractivity contribution in [1.82, 2.24) is 10.2 Å². The van der Waals surface area contributed by atoms with E-state index < -0.39 is 11.7 Å². The molecule has 1 N–H and O–H groups in total. The minimum absolute atomic E-state index is 0.517. The molecule has 0 saturated heterocycles. The fourth-order valence-electron chi connectivity index (χ4n) is 0.812. The summed E-state index contributed by atoms with van der Waals surface area (Å²) in [5, 5.41) is 9.84. The van der Waals surface area contributed by atoms with Gasteiger partial charge < -0.3 is 4.74 Å². The van der Waals surface area contributed by atoms with Crippen molar-refractivity contribution in [2.45, 2.75) is 26.4 Å². The lowest BCUT2D eigenvalue weighted by molar-refractivity contribution is 0.0636. The van der Waals surface area contributed by atoms with Gasteiger partial charge >= 0.3 is 6.09 Å². The summed E-state index contributed by atoms with van der Waals surface area (Å²) in [5.41, 5.74) is 0.0102. The summed E-state index contributed by atoms with van der Waals surface area (Å²) in [6.07, 6.45) is 2.41. The number of anilines is 1. The van der Waals surface area contributed by atoms with Crippen LogP contribution in [0.15, 0.2) is 16.9 Å². The topological polar surface area (TPSA) is 64.1 Å². The second-order valence-electron chi connectivity index (χ2n) is 3.88. The van der Waals surface area contributed by atoms with Gasteiger partial charge in [0.2, 0.25) is 0 Å². The maximum Gasteiger partial charge on any atom is 0.412 e. The molecule has 5 nitrogen and oxygen atoms in total. The molecular weight excluding hydrogens is 262 g/mol. The molecule has 0 aliphatic carbocycles. The summed E-state index contributed by atoms with van der Waals surface area (Å²) >= 11 is 3.23. The first kappa shape index (κ1) is 11.9. The van der Waals surface area contributed by atoms with Gasteiger partial charge in [-0.2, -0.15) is 10.2 Å².